The lowest BCUT2D eigenvalue weighted by molar-refractivity contribution is -0.138. The van der Waals surface area contributed by atoms with Gasteiger partial charge in [-0.05, 0) is 31.4 Å². The Morgan fingerprint density at radius 1 is 1.22 bits per heavy atom. The van der Waals surface area contributed by atoms with Crippen LogP contribution in [-0.2, 0) is 4.79 Å². The van der Waals surface area contributed by atoms with E-state index in [1.807, 2.05) is 24.3 Å². The molecule has 0 spiro atoms. The number of carbonyl (C=O) groups is 2. The van der Waals surface area contributed by atoms with Gasteiger partial charge in [0, 0.05) is 0 Å². The lowest BCUT2D eigenvalue weighted by Gasteiger charge is -2.12. The highest BCUT2D eigenvalue weighted by atomic mass is 16.4. The maximum absolute atomic E-state index is 12.1. The number of nitrogens with one attached hydrogen (secondary N) is 1. The molecule has 7 nitrogen and oxygen atoms in total. The van der Waals surface area contributed by atoms with E-state index in [9.17, 15) is 9.59 Å². The van der Waals surface area contributed by atoms with Crippen LogP contribution in [0.3, 0.4) is 0 Å². The number of benzene rings is 1. The highest BCUT2D eigenvalue weighted by molar-refractivity contribution is 5.93. The van der Waals surface area contributed by atoms with Crippen LogP contribution in [0.15, 0.2) is 24.3 Å². The van der Waals surface area contributed by atoms with E-state index < -0.39 is 17.9 Å². The summed E-state index contributed by atoms with van der Waals surface area (Å²) < 4.78 is 1.61. The van der Waals surface area contributed by atoms with Crippen LogP contribution in [0.1, 0.15) is 48.7 Å². The molecule has 7 heteroatoms. The van der Waals surface area contributed by atoms with Gasteiger partial charge < -0.3 is 10.4 Å². The van der Waals surface area contributed by atoms with Crippen molar-refractivity contribution in [3.05, 3.63) is 41.5 Å². The SMILES string of the molecule is Cc1nc(C(=O)N[C@H](C)C(=O)O)nn1-c1ccccc1C(C)C. The maximum Gasteiger partial charge on any atom is 0.325 e. The summed E-state index contributed by atoms with van der Waals surface area (Å²) in [6.45, 7) is 7.29. The van der Waals surface area contributed by atoms with E-state index >= 15 is 0 Å². The summed E-state index contributed by atoms with van der Waals surface area (Å²) in [6, 6.07) is 6.77. The van der Waals surface area contributed by atoms with Crippen molar-refractivity contribution in [2.75, 3.05) is 0 Å². The van der Waals surface area contributed by atoms with Crippen LogP contribution in [0.5, 0.6) is 0 Å². The first kappa shape index (κ1) is 16.7. The fraction of sp³-hybridized carbons (Fsp3) is 0.375. The molecule has 2 aromatic rings. The zero-order valence-corrected chi connectivity index (χ0v) is 13.6. The fourth-order valence-electron chi connectivity index (χ4n) is 2.21. The smallest absolute Gasteiger partial charge is 0.325 e. The van der Waals surface area contributed by atoms with E-state index in [1.54, 1.807) is 11.6 Å². The molecule has 1 aromatic heterocycles. The molecule has 2 rings (SSSR count). The Balaban J connectivity index is 2.36. The molecule has 1 aromatic carbocycles. The Kier molecular flexibility index (Phi) is 4.78. The molecule has 2 N–H and O–H groups in total. The van der Waals surface area contributed by atoms with E-state index in [1.165, 1.54) is 6.92 Å². The number of hydrogen-bond donors (Lipinski definition) is 2. The van der Waals surface area contributed by atoms with Gasteiger partial charge in [0.05, 0.1) is 5.69 Å². The lowest BCUT2D eigenvalue weighted by atomic mass is 10.0. The predicted octanol–water partition coefficient (Wildman–Crippen LogP) is 1.90. The highest BCUT2D eigenvalue weighted by Crippen LogP contribution is 2.23. The fourth-order valence-corrected chi connectivity index (χ4v) is 2.21. The van der Waals surface area contributed by atoms with Crippen LogP contribution in [0, 0.1) is 6.92 Å². The van der Waals surface area contributed by atoms with E-state index in [2.05, 4.69) is 29.2 Å². The number of aromatic nitrogens is 3. The normalized spacial score (nSPS) is 12.2. The minimum absolute atomic E-state index is 0.0471. The molecule has 23 heavy (non-hydrogen) atoms. The lowest BCUT2D eigenvalue weighted by Crippen LogP contribution is -2.38. The quantitative estimate of drug-likeness (QED) is 0.878. The van der Waals surface area contributed by atoms with E-state index in [-0.39, 0.29) is 5.82 Å². The zero-order valence-electron chi connectivity index (χ0n) is 13.6. The molecule has 1 amide bonds. The number of amides is 1. The molecule has 0 aliphatic carbocycles. The summed E-state index contributed by atoms with van der Waals surface area (Å²) in [4.78, 5) is 27.0. The number of aliphatic carboxylic acids is 1. The minimum Gasteiger partial charge on any atom is -0.480 e. The molecule has 0 aliphatic heterocycles. The molecule has 0 fully saturated rings. The van der Waals surface area contributed by atoms with Crippen LogP contribution >= 0.6 is 0 Å². The van der Waals surface area contributed by atoms with Crippen molar-refractivity contribution in [3.8, 4) is 5.69 Å². The molecule has 0 unspecified atom stereocenters. The average molecular weight is 316 g/mol. The van der Waals surface area contributed by atoms with Gasteiger partial charge in [0.15, 0.2) is 0 Å². The van der Waals surface area contributed by atoms with Gasteiger partial charge in [-0.3, -0.25) is 9.59 Å². The predicted molar refractivity (Wildman–Crippen MR) is 84.7 cm³/mol. The summed E-state index contributed by atoms with van der Waals surface area (Å²) in [7, 11) is 0. The second-order valence-electron chi connectivity index (χ2n) is 5.64. The number of aryl methyl sites for hydroxylation is 1. The summed E-state index contributed by atoms with van der Waals surface area (Å²) in [5.74, 6) is -0.914. The van der Waals surface area contributed by atoms with E-state index in [4.69, 9.17) is 5.11 Å². The Morgan fingerprint density at radius 2 is 1.87 bits per heavy atom. The van der Waals surface area contributed by atoms with E-state index in [0.29, 0.717) is 11.7 Å². The van der Waals surface area contributed by atoms with Gasteiger partial charge in [-0.25, -0.2) is 9.67 Å². The Hall–Kier alpha value is -2.70. The molecule has 0 saturated carbocycles. The first-order valence-electron chi connectivity index (χ1n) is 7.38. The monoisotopic (exact) mass is 316 g/mol. The zero-order chi connectivity index (χ0) is 17.1. The van der Waals surface area contributed by atoms with Gasteiger partial charge in [-0.1, -0.05) is 32.0 Å². The van der Waals surface area contributed by atoms with Crippen molar-refractivity contribution >= 4 is 11.9 Å². The first-order chi connectivity index (χ1) is 10.8. The standard InChI is InChI=1S/C16H20N4O3/c1-9(2)12-7-5-6-8-13(12)20-11(4)18-14(19-20)15(21)17-10(3)16(22)23/h5-10H,1-4H3,(H,17,21)(H,22,23)/t10-/m1/s1. The van der Waals surface area contributed by atoms with Crippen molar-refractivity contribution in [2.45, 2.75) is 39.7 Å². The van der Waals surface area contributed by atoms with Gasteiger partial charge in [0.2, 0.25) is 5.82 Å². The minimum atomic E-state index is -1.11. The van der Waals surface area contributed by atoms with Crippen LogP contribution < -0.4 is 5.32 Å². The van der Waals surface area contributed by atoms with Crippen molar-refractivity contribution in [3.63, 3.8) is 0 Å². The number of hydrogen-bond acceptors (Lipinski definition) is 4. The number of carboxylic acids is 1. The Bertz CT molecular complexity index is 737. The summed E-state index contributed by atoms with van der Waals surface area (Å²) in [5.41, 5.74) is 1.95. The van der Waals surface area contributed by atoms with Crippen molar-refractivity contribution in [2.24, 2.45) is 0 Å². The van der Waals surface area contributed by atoms with Gasteiger partial charge in [-0.2, -0.15) is 0 Å². The second kappa shape index (κ2) is 6.60. The number of nitrogens with zero attached hydrogens (tertiary/aromatic N) is 3. The van der Waals surface area contributed by atoms with Crippen LogP contribution in [0.2, 0.25) is 0 Å². The molecule has 0 saturated heterocycles. The average Bonchev–Trinajstić information content (AvgIpc) is 2.89. The number of para-hydroxylation sites is 1. The van der Waals surface area contributed by atoms with Gasteiger partial charge in [-0.15, -0.1) is 5.10 Å². The van der Waals surface area contributed by atoms with Crippen LogP contribution in [0.25, 0.3) is 5.69 Å². The summed E-state index contributed by atoms with van der Waals surface area (Å²) in [5, 5.41) is 15.4. The van der Waals surface area contributed by atoms with Crippen molar-refractivity contribution in [1.29, 1.82) is 0 Å². The van der Waals surface area contributed by atoms with Crippen molar-refractivity contribution < 1.29 is 14.7 Å². The number of rotatable bonds is 5. The summed E-state index contributed by atoms with van der Waals surface area (Å²) in [6.07, 6.45) is 0. The molecule has 0 aliphatic rings. The van der Waals surface area contributed by atoms with Crippen LogP contribution in [0.4, 0.5) is 0 Å². The molecular formula is C16H20N4O3. The molecule has 1 heterocycles. The third-order valence-electron chi connectivity index (χ3n) is 3.48. The molecule has 0 bridgehead atoms. The van der Waals surface area contributed by atoms with E-state index in [0.717, 1.165) is 11.3 Å². The van der Waals surface area contributed by atoms with Gasteiger partial charge in [0.25, 0.3) is 5.91 Å². The molecule has 122 valence electrons. The topological polar surface area (TPSA) is 97.1 Å². The van der Waals surface area contributed by atoms with Gasteiger partial charge >= 0.3 is 5.97 Å². The van der Waals surface area contributed by atoms with Crippen LogP contribution in [-0.4, -0.2) is 37.8 Å². The first-order valence-corrected chi connectivity index (χ1v) is 7.38. The maximum atomic E-state index is 12.1. The highest BCUT2D eigenvalue weighted by Gasteiger charge is 2.21. The number of carboxylic acid groups (broad SMARTS) is 1. The summed E-state index contributed by atoms with van der Waals surface area (Å²) >= 11 is 0. The Morgan fingerprint density at radius 3 is 2.48 bits per heavy atom. The largest absolute Gasteiger partial charge is 0.480 e. The molecule has 1 atom stereocenters. The third kappa shape index (κ3) is 3.56. The number of carbonyl (C=O) groups excluding carboxylic acids is 1. The Labute approximate surface area is 134 Å². The molecular weight excluding hydrogens is 296 g/mol. The second-order valence-corrected chi connectivity index (χ2v) is 5.64. The third-order valence-corrected chi connectivity index (χ3v) is 3.48. The molecule has 0 radical (unpaired) electrons. The van der Waals surface area contributed by atoms with Gasteiger partial charge in [0.1, 0.15) is 11.9 Å². The van der Waals surface area contributed by atoms with Crippen molar-refractivity contribution in [1.82, 2.24) is 20.1 Å².